The fourth-order valence-corrected chi connectivity index (χ4v) is 6.53. The fourth-order valence-electron chi connectivity index (χ4n) is 5.44. The number of hydrogen-bond acceptors (Lipinski definition) is 1. The molecule has 2 aromatic heterocycles. The molecule has 0 N–H and O–H groups in total. The summed E-state index contributed by atoms with van der Waals surface area (Å²) in [4.78, 5) is 0. The lowest BCUT2D eigenvalue weighted by molar-refractivity contribution is 0.590. The van der Waals surface area contributed by atoms with Crippen LogP contribution in [0.2, 0.25) is 0 Å². The molecule has 0 aliphatic rings. The summed E-state index contributed by atoms with van der Waals surface area (Å²) in [5, 5.41) is 5.26. The zero-order chi connectivity index (χ0) is 24.4. The number of nitrogens with zero attached hydrogens (tertiary/aromatic N) is 1. The van der Waals surface area contributed by atoms with Gasteiger partial charge in [-0.3, -0.25) is 0 Å². The van der Waals surface area contributed by atoms with Gasteiger partial charge in [0.25, 0.3) is 0 Å². The van der Waals surface area contributed by atoms with Crippen LogP contribution in [0.15, 0.2) is 109 Å². The van der Waals surface area contributed by atoms with Gasteiger partial charge in [0.05, 0.1) is 11.0 Å². The number of aromatic nitrogens is 1. The van der Waals surface area contributed by atoms with Crippen LogP contribution in [0.4, 0.5) is 0 Å². The molecule has 0 saturated heterocycles. The van der Waals surface area contributed by atoms with Crippen LogP contribution in [0.3, 0.4) is 0 Å². The molecule has 7 aromatic rings. The lowest BCUT2D eigenvalue weighted by atomic mass is 9.87. The Morgan fingerprint density at radius 3 is 1.97 bits per heavy atom. The third-order valence-electron chi connectivity index (χ3n) is 7.38. The third kappa shape index (κ3) is 3.29. The summed E-state index contributed by atoms with van der Waals surface area (Å²) in [5.41, 5.74) is 7.68. The van der Waals surface area contributed by atoms with Gasteiger partial charge in [0, 0.05) is 36.6 Å². The van der Waals surface area contributed by atoms with Gasteiger partial charge < -0.3 is 4.57 Å². The van der Waals surface area contributed by atoms with E-state index in [0.29, 0.717) is 0 Å². The molecule has 5 aromatic carbocycles. The molecule has 0 unspecified atom stereocenters. The second-order valence-electron chi connectivity index (χ2n) is 10.7. The number of thiophene rings is 1. The van der Waals surface area contributed by atoms with Crippen LogP contribution in [-0.2, 0) is 5.41 Å². The van der Waals surface area contributed by atoms with Gasteiger partial charge in [0.2, 0.25) is 0 Å². The monoisotopic (exact) mass is 481 g/mol. The van der Waals surface area contributed by atoms with Crippen molar-refractivity contribution in [2.45, 2.75) is 26.2 Å². The predicted molar refractivity (Wildman–Crippen MR) is 158 cm³/mol. The maximum atomic E-state index is 2.42. The summed E-state index contributed by atoms with van der Waals surface area (Å²) < 4.78 is 5.10. The highest BCUT2D eigenvalue weighted by Gasteiger charge is 2.16. The molecule has 2 heteroatoms. The average Bonchev–Trinajstić information content (AvgIpc) is 3.43. The Bertz CT molecular complexity index is 1910. The summed E-state index contributed by atoms with van der Waals surface area (Å²) in [6.07, 6.45) is 0. The highest BCUT2D eigenvalue weighted by atomic mass is 32.1. The highest BCUT2D eigenvalue weighted by molar-refractivity contribution is 7.25. The normalized spacial score (nSPS) is 12.3. The Morgan fingerprint density at radius 1 is 0.528 bits per heavy atom. The van der Waals surface area contributed by atoms with Crippen LogP contribution in [0.25, 0.3) is 58.8 Å². The van der Waals surface area contributed by atoms with Crippen molar-refractivity contribution in [1.82, 2.24) is 4.57 Å². The van der Waals surface area contributed by atoms with Gasteiger partial charge in [-0.15, -0.1) is 11.3 Å². The van der Waals surface area contributed by atoms with Gasteiger partial charge in [-0.25, -0.2) is 0 Å². The average molecular weight is 482 g/mol. The van der Waals surface area contributed by atoms with Crippen molar-refractivity contribution in [1.29, 1.82) is 0 Å². The van der Waals surface area contributed by atoms with E-state index >= 15 is 0 Å². The maximum absolute atomic E-state index is 2.42. The largest absolute Gasteiger partial charge is 0.309 e. The lowest BCUT2D eigenvalue weighted by Crippen LogP contribution is -2.10. The Balaban J connectivity index is 1.45. The molecule has 0 atom stereocenters. The second kappa shape index (κ2) is 7.81. The second-order valence-corrected chi connectivity index (χ2v) is 11.8. The summed E-state index contributed by atoms with van der Waals surface area (Å²) in [6, 6.07) is 40.4. The van der Waals surface area contributed by atoms with E-state index in [1.165, 1.54) is 64.4 Å². The molecule has 0 spiro atoms. The maximum Gasteiger partial charge on any atom is 0.0547 e. The van der Waals surface area contributed by atoms with E-state index in [1.54, 1.807) is 0 Å². The van der Waals surface area contributed by atoms with E-state index in [-0.39, 0.29) is 5.41 Å². The minimum absolute atomic E-state index is 0.136. The molecule has 0 saturated carbocycles. The van der Waals surface area contributed by atoms with E-state index < -0.39 is 0 Å². The number of fused-ring (bicyclic) bond motifs is 6. The molecule has 0 amide bonds. The Labute approximate surface area is 215 Å². The highest BCUT2D eigenvalue weighted by Crippen LogP contribution is 2.39. The van der Waals surface area contributed by atoms with Crippen LogP contribution >= 0.6 is 11.3 Å². The van der Waals surface area contributed by atoms with Crippen molar-refractivity contribution in [3.05, 3.63) is 115 Å². The van der Waals surface area contributed by atoms with E-state index in [2.05, 4.69) is 135 Å². The summed E-state index contributed by atoms with van der Waals surface area (Å²) >= 11 is 1.87. The van der Waals surface area contributed by atoms with Gasteiger partial charge in [0.15, 0.2) is 0 Å². The molecular weight excluding hydrogens is 454 g/mol. The van der Waals surface area contributed by atoms with Crippen molar-refractivity contribution in [3.8, 4) is 16.8 Å². The van der Waals surface area contributed by atoms with Crippen LogP contribution in [0.5, 0.6) is 0 Å². The van der Waals surface area contributed by atoms with E-state index in [1.807, 2.05) is 11.3 Å². The lowest BCUT2D eigenvalue weighted by Gasteiger charge is -2.19. The Kier molecular flexibility index (Phi) is 4.64. The SMILES string of the molecule is CC(C)(C)c1ccc(-n2c3ccccc3c3ccc(-c4ccc5sc6ccccc6c5c4)cc32)cc1. The van der Waals surface area contributed by atoms with Crippen LogP contribution < -0.4 is 0 Å². The number of rotatable bonds is 2. The molecule has 1 nitrogen and oxygen atoms in total. The van der Waals surface area contributed by atoms with Gasteiger partial charge >= 0.3 is 0 Å². The summed E-state index contributed by atoms with van der Waals surface area (Å²) in [7, 11) is 0. The first-order chi connectivity index (χ1) is 17.5. The fraction of sp³-hybridized carbons (Fsp3) is 0.118. The minimum atomic E-state index is 0.136. The molecule has 7 rings (SSSR count). The van der Waals surface area contributed by atoms with Crippen molar-refractivity contribution >= 4 is 53.3 Å². The topological polar surface area (TPSA) is 4.93 Å². The molecule has 174 valence electrons. The van der Waals surface area contributed by atoms with Crippen molar-refractivity contribution in [3.63, 3.8) is 0 Å². The predicted octanol–water partition coefficient (Wildman–Crippen LogP) is 10.1. The van der Waals surface area contributed by atoms with Gasteiger partial charge in [0.1, 0.15) is 0 Å². The smallest absolute Gasteiger partial charge is 0.0547 e. The van der Waals surface area contributed by atoms with Gasteiger partial charge in [-0.05, 0) is 64.6 Å². The number of benzene rings is 5. The van der Waals surface area contributed by atoms with Crippen LogP contribution in [0.1, 0.15) is 26.3 Å². The van der Waals surface area contributed by atoms with Gasteiger partial charge in [-0.2, -0.15) is 0 Å². The number of para-hydroxylation sites is 1. The molecular formula is C34H27NS. The zero-order valence-electron chi connectivity index (χ0n) is 20.7. The molecule has 0 fully saturated rings. The van der Waals surface area contributed by atoms with E-state index in [9.17, 15) is 0 Å². The molecule has 0 bridgehead atoms. The summed E-state index contributed by atoms with van der Waals surface area (Å²) in [5.74, 6) is 0. The third-order valence-corrected chi connectivity index (χ3v) is 8.53. The van der Waals surface area contributed by atoms with Gasteiger partial charge in [-0.1, -0.05) is 87.5 Å². The first-order valence-corrected chi connectivity index (χ1v) is 13.3. The number of hydrogen-bond donors (Lipinski definition) is 0. The Morgan fingerprint density at radius 2 is 1.17 bits per heavy atom. The first-order valence-electron chi connectivity index (χ1n) is 12.5. The molecule has 0 radical (unpaired) electrons. The molecule has 0 aliphatic heterocycles. The van der Waals surface area contributed by atoms with Crippen molar-refractivity contribution in [2.24, 2.45) is 0 Å². The molecule has 2 heterocycles. The van der Waals surface area contributed by atoms with Crippen LogP contribution in [-0.4, -0.2) is 4.57 Å². The standard InChI is InChI=1S/C34H27NS/c1-34(2,3)24-14-16-25(17-15-24)35-30-10-6-4-8-26(30)27-18-12-23(21-31(27)35)22-13-19-33-29(20-22)28-9-5-7-11-32(28)36-33/h4-21H,1-3H3. The first kappa shape index (κ1) is 21.4. The summed E-state index contributed by atoms with van der Waals surface area (Å²) in [6.45, 7) is 6.80. The molecule has 36 heavy (non-hydrogen) atoms. The molecule has 0 aliphatic carbocycles. The minimum Gasteiger partial charge on any atom is -0.309 e. The van der Waals surface area contributed by atoms with Crippen molar-refractivity contribution in [2.75, 3.05) is 0 Å². The zero-order valence-corrected chi connectivity index (χ0v) is 21.6. The van der Waals surface area contributed by atoms with Crippen molar-refractivity contribution < 1.29 is 0 Å². The van der Waals surface area contributed by atoms with Crippen LogP contribution in [0, 0.1) is 0 Å². The Hall–Kier alpha value is -3.88. The van der Waals surface area contributed by atoms with E-state index in [4.69, 9.17) is 0 Å². The van der Waals surface area contributed by atoms with E-state index in [0.717, 1.165) is 0 Å². The quantitative estimate of drug-likeness (QED) is 0.231.